The molecule has 62 valence electrons. The van der Waals surface area contributed by atoms with Crippen molar-refractivity contribution in [3.05, 3.63) is 34.6 Å². The van der Waals surface area contributed by atoms with Crippen LogP contribution in [0.5, 0.6) is 0 Å². The number of rotatable bonds is 2. The summed E-state index contributed by atoms with van der Waals surface area (Å²) in [5.74, 6) is -1.34. The van der Waals surface area contributed by atoms with Crippen molar-refractivity contribution in [1.82, 2.24) is 0 Å². The summed E-state index contributed by atoms with van der Waals surface area (Å²) in [4.78, 5) is 10.8. The zero-order valence-corrected chi connectivity index (χ0v) is 6.73. The maximum Gasteiger partial charge on any atom is 0.206 e. The molecule has 0 aliphatic rings. The van der Waals surface area contributed by atoms with E-state index in [4.69, 9.17) is 17.0 Å². The Morgan fingerprint density at radius 2 is 2.25 bits per heavy atom. The Morgan fingerprint density at radius 3 is 2.83 bits per heavy atom. The van der Waals surface area contributed by atoms with Crippen molar-refractivity contribution in [2.24, 2.45) is 0 Å². The van der Waals surface area contributed by atoms with Crippen LogP contribution in [0.15, 0.2) is 18.2 Å². The molecule has 0 saturated heterocycles. The Balaban J connectivity index is 3.22. The minimum Gasteiger partial charge on any atom is -0.305 e. The number of ketones is 1. The molecule has 1 aromatic carbocycles. The van der Waals surface area contributed by atoms with Gasteiger partial charge >= 0.3 is 0 Å². The third-order valence-corrected chi connectivity index (χ3v) is 1.56. The highest BCUT2D eigenvalue weighted by atomic mass is 35.5. The molecule has 0 unspecified atom stereocenters. The van der Waals surface area contributed by atoms with Crippen molar-refractivity contribution in [1.29, 1.82) is 5.41 Å². The predicted molar refractivity (Wildman–Crippen MR) is 44.5 cm³/mol. The predicted octanol–water partition coefficient (Wildman–Crippen LogP) is 2.31. The summed E-state index contributed by atoms with van der Waals surface area (Å²) >= 11 is 5.52. The lowest BCUT2D eigenvalue weighted by Gasteiger charge is -1.97. The molecule has 0 spiro atoms. The maximum atomic E-state index is 12.8. The summed E-state index contributed by atoms with van der Waals surface area (Å²) in [7, 11) is 0. The Hall–Kier alpha value is -1.22. The van der Waals surface area contributed by atoms with Crippen molar-refractivity contribution in [2.45, 2.75) is 0 Å². The van der Waals surface area contributed by atoms with Crippen LogP contribution in [0.3, 0.4) is 0 Å². The van der Waals surface area contributed by atoms with Gasteiger partial charge in [0.1, 0.15) is 5.82 Å². The topological polar surface area (TPSA) is 40.9 Å². The van der Waals surface area contributed by atoms with Crippen LogP contribution in [0, 0.1) is 11.2 Å². The average molecular weight is 186 g/mol. The lowest BCUT2D eigenvalue weighted by molar-refractivity contribution is 0.106. The highest BCUT2D eigenvalue weighted by Crippen LogP contribution is 2.14. The van der Waals surface area contributed by atoms with E-state index in [9.17, 15) is 9.18 Å². The van der Waals surface area contributed by atoms with E-state index in [0.29, 0.717) is 6.21 Å². The van der Waals surface area contributed by atoms with Gasteiger partial charge in [-0.05, 0) is 18.2 Å². The first-order chi connectivity index (χ1) is 5.65. The lowest BCUT2D eigenvalue weighted by Crippen LogP contribution is -2.02. The van der Waals surface area contributed by atoms with E-state index in [2.05, 4.69) is 0 Å². The Kier molecular flexibility index (Phi) is 2.55. The van der Waals surface area contributed by atoms with Gasteiger partial charge in [0.05, 0.1) is 11.8 Å². The molecule has 0 fully saturated rings. The molecule has 0 heterocycles. The van der Waals surface area contributed by atoms with E-state index in [1.807, 2.05) is 0 Å². The SMILES string of the molecule is N=CC(=O)c1cc(Cl)ccc1F. The van der Waals surface area contributed by atoms with Crippen LogP contribution in [-0.2, 0) is 0 Å². The molecule has 1 rings (SSSR count). The standard InChI is InChI=1S/C8H5ClFNO/c9-5-1-2-7(10)6(3-5)8(12)4-11/h1-4,11H. The number of hydrogen-bond acceptors (Lipinski definition) is 2. The van der Waals surface area contributed by atoms with Gasteiger partial charge in [0, 0.05) is 5.02 Å². The molecular weight excluding hydrogens is 181 g/mol. The number of halogens is 2. The summed E-state index contributed by atoms with van der Waals surface area (Å²) in [6, 6.07) is 3.64. The van der Waals surface area contributed by atoms with Gasteiger partial charge in [-0.25, -0.2) is 4.39 Å². The summed E-state index contributed by atoms with van der Waals surface area (Å²) < 4.78 is 12.8. The van der Waals surface area contributed by atoms with E-state index in [1.54, 1.807) is 0 Å². The highest BCUT2D eigenvalue weighted by Gasteiger charge is 2.08. The van der Waals surface area contributed by atoms with Gasteiger partial charge in [0.25, 0.3) is 0 Å². The van der Waals surface area contributed by atoms with Crippen LogP contribution in [0.25, 0.3) is 0 Å². The molecular formula is C8H5ClFNO. The summed E-state index contributed by atoms with van der Waals surface area (Å²) in [6.07, 6.45) is 0.550. The molecule has 0 aliphatic heterocycles. The van der Waals surface area contributed by atoms with Gasteiger partial charge in [-0.1, -0.05) is 11.6 Å². The van der Waals surface area contributed by atoms with Gasteiger partial charge < -0.3 is 5.41 Å². The third-order valence-electron chi connectivity index (χ3n) is 1.32. The summed E-state index contributed by atoms with van der Waals surface area (Å²) in [6.45, 7) is 0. The second-order valence-corrected chi connectivity index (χ2v) is 2.57. The zero-order valence-electron chi connectivity index (χ0n) is 5.97. The number of nitrogens with one attached hydrogen (secondary N) is 1. The van der Waals surface area contributed by atoms with Gasteiger partial charge in [0.2, 0.25) is 5.78 Å². The fraction of sp³-hybridized carbons (Fsp3) is 0. The molecule has 1 aromatic rings. The second-order valence-electron chi connectivity index (χ2n) is 2.13. The molecule has 0 aromatic heterocycles. The van der Waals surface area contributed by atoms with Gasteiger partial charge in [-0.15, -0.1) is 0 Å². The molecule has 0 radical (unpaired) electrons. The molecule has 0 aliphatic carbocycles. The van der Waals surface area contributed by atoms with Gasteiger partial charge in [0.15, 0.2) is 0 Å². The Morgan fingerprint density at radius 1 is 1.58 bits per heavy atom. The fourth-order valence-electron chi connectivity index (χ4n) is 0.764. The number of benzene rings is 1. The van der Waals surface area contributed by atoms with Crippen molar-refractivity contribution in [3.63, 3.8) is 0 Å². The molecule has 12 heavy (non-hydrogen) atoms. The minimum absolute atomic E-state index is 0.169. The quantitative estimate of drug-likeness (QED) is 0.558. The van der Waals surface area contributed by atoms with Crippen LogP contribution in [0.2, 0.25) is 5.02 Å². The number of Topliss-reactive ketones (excluding diaryl/α,β-unsaturated/α-hetero) is 1. The van der Waals surface area contributed by atoms with E-state index in [0.717, 1.165) is 6.07 Å². The lowest BCUT2D eigenvalue weighted by atomic mass is 10.1. The maximum absolute atomic E-state index is 12.8. The van der Waals surface area contributed by atoms with E-state index >= 15 is 0 Å². The van der Waals surface area contributed by atoms with Crippen molar-refractivity contribution in [2.75, 3.05) is 0 Å². The van der Waals surface area contributed by atoms with Crippen LogP contribution < -0.4 is 0 Å². The average Bonchev–Trinajstić information content (AvgIpc) is 2.08. The smallest absolute Gasteiger partial charge is 0.206 e. The van der Waals surface area contributed by atoms with Gasteiger partial charge in [-0.3, -0.25) is 4.79 Å². The van der Waals surface area contributed by atoms with Crippen LogP contribution >= 0.6 is 11.6 Å². The van der Waals surface area contributed by atoms with E-state index in [-0.39, 0.29) is 10.6 Å². The summed E-state index contributed by atoms with van der Waals surface area (Å²) in [5.41, 5.74) is -0.169. The minimum atomic E-state index is -0.685. The number of carbonyl (C=O) groups excluding carboxylic acids is 1. The van der Waals surface area contributed by atoms with Crippen molar-refractivity contribution < 1.29 is 9.18 Å². The van der Waals surface area contributed by atoms with Crippen molar-refractivity contribution in [3.8, 4) is 0 Å². The van der Waals surface area contributed by atoms with Crippen LogP contribution in [0.4, 0.5) is 4.39 Å². The van der Waals surface area contributed by atoms with Crippen molar-refractivity contribution >= 4 is 23.6 Å². The monoisotopic (exact) mass is 185 g/mol. The third kappa shape index (κ3) is 1.68. The molecule has 0 bridgehead atoms. The Bertz CT molecular complexity index is 338. The molecule has 4 heteroatoms. The second kappa shape index (κ2) is 3.45. The highest BCUT2D eigenvalue weighted by molar-refractivity contribution is 6.36. The largest absolute Gasteiger partial charge is 0.305 e. The van der Waals surface area contributed by atoms with E-state index < -0.39 is 11.6 Å². The zero-order chi connectivity index (χ0) is 9.14. The first-order valence-electron chi connectivity index (χ1n) is 3.15. The molecule has 0 atom stereocenters. The molecule has 2 nitrogen and oxygen atoms in total. The fourth-order valence-corrected chi connectivity index (χ4v) is 0.936. The van der Waals surface area contributed by atoms with Crippen LogP contribution in [-0.4, -0.2) is 12.0 Å². The molecule has 1 N–H and O–H groups in total. The van der Waals surface area contributed by atoms with Gasteiger partial charge in [-0.2, -0.15) is 0 Å². The first kappa shape index (κ1) is 8.87. The normalized spacial score (nSPS) is 9.50. The molecule has 0 amide bonds. The molecule has 0 saturated carbocycles. The number of carbonyl (C=O) groups is 1. The van der Waals surface area contributed by atoms with Crippen LogP contribution in [0.1, 0.15) is 10.4 Å². The summed E-state index contributed by atoms with van der Waals surface area (Å²) in [5, 5.41) is 6.91. The van der Waals surface area contributed by atoms with E-state index in [1.165, 1.54) is 12.1 Å². The Labute approximate surface area is 73.5 Å². The first-order valence-corrected chi connectivity index (χ1v) is 3.53. The number of hydrogen-bond donors (Lipinski definition) is 1.